The number of aromatic nitrogens is 2. The van der Waals surface area contributed by atoms with E-state index in [4.69, 9.17) is 9.47 Å². The fourth-order valence-corrected chi connectivity index (χ4v) is 3.18. The summed E-state index contributed by atoms with van der Waals surface area (Å²) < 4.78 is 12.5. The Kier molecular flexibility index (Phi) is 4.65. The van der Waals surface area contributed by atoms with Gasteiger partial charge in [0.1, 0.15) is 18.9 Å². The number of carbonyl (C=O) groups excluding carboxylic acids is 1. The lowest BCUT2D eigenvalue weighted by Gasteiger charge is -2.26. The molecule has 144 valence electrons. The number of hydrogen-bond acceptors (Lipinski definition) is 4. The van der Waals surface area contributed by atoms with Gasteiger partial charge in [0.15, 0.2) is 11.5 Å². The van der Waals surface area contributed by atoms with E-state index in [9.17, 15) is 9.59 Å². The van der Waals surface area contributed by atoms with E-state index in [1.807, 2.05) is 43.3 Å². The second kappa shape index (κ2) is 7.26. The Balaban J connectivity index is 1.57. The van der Waals surface area contributed by atoms with Gasteiger partial charge in [-0.1, -0.05) is 24.3 Å². The van der Waals surface area contributed by atoms with E-state index >= 15 is 0 Å². The second-order valence-corrected chi connectivity index (χ2v) is 6.67. The highest BCUT2D eigenvalue weighted by atomic mass is 16.6. The minimum absolute atomic E-state index is 0.216. The van der Waals surface area contributed by atoms with Gasteiger partial charge < -0.3 is 14.4 Å². The number of para-hydroxylation sites is 1. The number of hydrogen-bond donors (Lipinski definition) is 1. The topological polar surface area (TPSA) is 76.6 Å². The zero-order valence-corrected chi connectivity index (χ0v) is 15.7. The lowest BCUT2D eigenvalue weighted by atomic mass is 10.1. The molecule has 1 aromatic heterocycles. The van der Waals surface area contributed by atoms with Crippen LogP contribution in [0.2, 0.25) is 0 Å². The smallest absolute Gasteiger partial charge is 0.272 e. The predicted octanol–water partition coefficient (Wildman–Crippen LogP) is 2.77. The van der Waals surface area contributed by atoms with Gasteiger partial charge in [0.2, 0.25) is 0 Å². The molecule has 7 heteroatoms. The first-order valence-electron chi connectivity index (χ1n) is 9.09. The lowest BCUT2D eigenvalue weighted by molar-refractivity contribution is 0.0735. The molecule has 7 nitrogen and oxygen atoms in total. The Hall–Kier alpha value is -3.48. The molecule has 1 unspecified atom stereocenters. The molecule has 3 aromatic rings. The van der Waals surface area contributed by atoms with Crippen molar-refractivity contribution in [2.24, 2.45) is 0 Å². The van der Waals surface area contributed by atoms with Crippen LogP contribution in [0, 0.1) is 0 Å². The third kappa shape index (κ3) is 3.26. The molecule has 1 amide bonds. The first-order valence-corrected chi connectivity index (χ1v) is 9.09. The molecule has 0 radical (unpaired) electrons. The molecule has 0 spiro atoms. The van der Waals surface area contributed by atoms with Crippen LogP contribution >= 0.6 is 0 Å². The number of nitrogens with one attached hydrogen (secondary N) is 1. The zero-order valence-electron chi connectivity index (χ0n) is 15.7. The summed E-state index contributed by atoms with van der Waals surface area (Å²) in [5, 5.41) is 2.90. The summed E-state index contributed by atoms with van der Waals surface area (Å²) in [6.45, 7) is 2.97. The highest BCUT2D eigenvalue weighted by molar-refractivity contribution is 5.92. The molecule has 2 heterocycles. The summed E-state index contributed by atoms with van der Waals surface area (Å²) in [4.78, 5) is 26.8. The zero-order chi connectivity index (χ0) is 19.7. The van der Waals surface area contributed by atoms with Gasteiger partial charge in [-0.3, -0.25) is 14.7 Å². The third-order valence-corrected chi connectivity index (χ3v) is 4.92. The molecule has 1 aliphatic heterocycles. The Morgan fingerprint density at radius 1 is 1.07 bits per heavy atom. The number of aromatic amines is 1. The normalized spacial score (nSPS) is 13.8. The summed E-state index contributed by atoms with van der Waals surface area (Å²) in [6.07, 6.45) is 0. The number of carbonyl (C=O) groups is 1. The maximum absolute atomic E-state index is 12.9. The van der Waals surface area contributed by atoms with Crippen molar-refractivity contribution in [1.82, 2.24) is 14.7 Å². The molecule has 4 rings (SSSR count). The van der Waals surface area contributed by atoms with E-state index in [0.29, 0.717) is 30.4 Å². The number of H-pyrrole nitrogens is 1. The van der Waals surface area contributed by atoms with Crippen LogP contribution in [0.3, 0.4) is 0 Å². The van der Waals surface area contributed by atoms with Crippen LogP contribution in [-0.2, 0) is 0 Å². The van der Waals surface area contributed by atoms with Gasteiger partial charge in [-0.15, -0.1) is 0 Å². The molecular formula is C21H21N3O4. The van der Waals surface area contributed by atoms with E-state index in [1.54, 1.807) is 24.1 Å². The van der Waals surface area contributed by atoms with Gasteiger partial charge in [0, 0.05) is 13.1 Å². The molecule has 1 N–H and O–H groups in total. The summed E-state index contributed by atoms with van der Waals surface area (Å²) in [5.74, 6) is 1.12. The first kappa shape index (κ1) is 17.9. The first-order chi connectivity index (χ1) is 13.5. The molecule has 1 aliphatic rings. The second-order valence-electron chi connectivity index (χ2n) is 6.67. The van der Waals surface area contributed by atoms with E-state index < -0.39 is 0 Å². The van der Waals surface area contributed by atoms with Crippen molar-refractivity contribution < 1.29 is 14.3 Å². The van der Waals surface area contributed by atoms with Gasteiger partial charge in [0.25, 0.3) is 11.5 Å². The minimum atomic E-state index is -0.282. The van der Waals surface area contributed by atoms with Crippen molar-refractivity contribution in [3.63, 3.8) is 0 Å². The van der Waals surface area contributed by atoms with E-state index in [-0.39, 0.29) is 23.2 Å². The maximum Gasteiger partial charge on any atom is 0.272 e. The van der Waals surface area contributed by atoms with Crippen LogP contribution in [0.1, 0.15) is 29.0 Å². The molecule has 0 bridgehead atoms. The lowest BCUT2D eigenvalue weighted by Crippen LogP contribution is -2.30. The van der Waals surface area contributed by atoms with Crippen LogP contribution in [0.25, 0.3) is 5.69 Å². The van der Waals surface area contributed by atoms with E-state index in [1.165, 1.54) is 10.7 Å². The highest BCUT2D eigenvalue weighted by Crippen LogP contribution is 2.33. The average Bonchev–Trinajstić information content (AvgIpc) is 3.14. The fourth-order valence-electron chi connectivity index (χ4n) is 3.18. The predicted molar refractivity (Wildman–Crippen MR) is 104 cm³/mol. The van der Waals surface area contributed by atoms with Crippen molar-refractivity contribution >= 4 is 5.91 Å². The fraction of sp³-hybridized carbons (Fsp3) is 0.238. The largest absolute Gasteiger partial charge is 0.486 e. The van der Waals surface area contributed by atoms with Crippen molar-refractivity contribution in [2.75, 3.05) is 20.3 Å². The summed E-state index contributed by atoms with van der Waals surface area (Å²) in [7, 11) is 1.71. The van der Waals surface area contributed by atoms with Gasteiger partial charge in [-0.25, -0.2) is 4.68 Å². The molecule has 0 saturated carbocycles. The number of benzene rings is 2. The number of rotatable bonds is 4. The van der Waals surface area contributed by atoms with Crippen LogP contribution in [-0.4, -0.2) is 40.8 Å². The number of fused-ring (bicyclic) bond motifs is 1. The summed E-state index contributed by atoms with van der Waals surface area (Å²) in [6, 6.07) is 15.9. The van der Waals surface area contributed by atoms with Crippen LogP contribution in [0.15, 0.2) is 59.4 Å². The summed E-state index contributed by atoms with van der Waals surface area (Å²) in [5.41, 5.74) is 1.55. The Labute approximate surface area is 162 Å². The Morgan fingerprint density at radius 2 is 1.79 bits per heavy atom. The number of nitrogens with zero attached hydrogens (tertiary/aromatic N) is 2. The summed E-state index contributed by atoms with van der Waals surface area (Å²) >= 11 is 0. The SMILES string of the molecule is CC(c1ccc2c(c1)OCCO2)N(C)C(=O)c1cc(=O)n(-c2ccccc2)[nH]1. The van der Waals surface area contributed by atoms with Gasteiger partial charge >= 0.3 is 0 Å². The van der Waals surface area contributed by atoms with Crippen LogP contribution in [0.4, 0.5) is 0 Å². The highest BCUT2D eigenvalue weighted by Gasteiger charge is 2.23. The van der Waals surface area contributed by atoms with E-state index in [2.05, 4.69) is 5.10 Å². The molecule has 1 atom stereocenters. The number of ether oxygens (including phenoxy) is 2. The van der Waals surface area contributed by atoms with Crippen molar-refractivity contribution in [2.45, 2.75) is 13.0 Å². The monoisotopic (exact) mass is 379 g/mol. The molecule has 0 fully saturated rings. The standard InChI is InChI=1S/C21H21N3O4/c1-14(15-8-9-18-19(12-15)28-11-10-27-18)23(2)21(26)17-13-20(25)24(22-17)16-6-4-3-5-7-16/h3-9,12-14,22H,10-11H2,1-2H3. The molecular weight excluding hydrogens is 358 g/mol. The molecule has 2 aromatic carbocycles. The van der Waals surface area contributed by atoms with Gasteiger partial charge in [-0.2, -0.15) is 0 Å². The maximum atomic E-state index is 12.9. The Bertz CT molecular complexity index is 1060. The van der Waals surface area contributed by atoms with E-state index in [0.717, 1.165) is 5.56 Å². The molecule has 0 saturated heterocycles. The molecule has 28 heavy (non-hydrogen) atoms. The average molecular weight is 379 g/mol. The van der Waals surface area contributed by atoms with Gasteiger partial charge in [-0.05, 0) is 36.8 Å². The molecule has 0 aliphatic carbocycles. The number of amides is 1. The van der Waals surface area contributed by atoms with Crippen LogP contribution in [0.5, 0.6) is 11.5 Å². The van der Waals surface area contributed by atoms with Gasteiger partial charge in [0.05, 0.1) is 11.7 Å². The third-order valence-electron chi connectivity index (χ3n) is 4.92. The van der Waals surface area contributed by atoms with Crippen molar-refractivity contribution in [1.29, 1.82) is 0 Å². The quantitative estimate of drug-likeness (QED) is 0.756. The van der Waals surface area contributed by atoms with Crippen molar-refractivity contribution in [3.05, 3.63) is 76.2 Å². The van der Waals surface area contributed by atoms with Crippen LogP contribution < -0.4 is 15.0 Å². The minimum Gasteiger partial charge on any atom is -0.486 e. The van der Waals surface area contributed by atoms with Crippen molar-refractivity contribution in [3.8, 4) is 17.2 Å². The Morgan fingerprint density at radius 3 is 2.54 bits per heavy atom.